The predicted molar refractivity (Wildman–Crippen MR) is 66.6 cm³/mol. The van der Waals surface area contributed by atoms with Crippen molar-refractivity contribution in [1.82, 2.24) is 5.43 Å². The summed E-state index contributed by atoms with van der Waals surface area (Å²) in [4.78, 5) is 3.37. The van der Waals surface area contributed by atoms with Gasteiger partial charge in [-0.3, -0.25) is 4.99 Å². The highest BCUT2D eigenvalue weighted by Crippen LogP contribution is 2.27. The summed E-state index contributed by atoms with van der Waals surface area (Å²) in [6, 6.07) is 3.07. The van der Waals surface area contributed by atoms with Gasteiger partial charge >= 0.3 is 0 Å². The fourth-order valence-electron chi connectivity index (χ4n) is 1.54. The Hall–Kier alpha value is -1.82. The van der Waals surface area contributed by atoms with E-state index in [4.69, 9.17) is 0 Å². The van der Waals surface area contributed by atoms with Crippen LogP contribution < -0.4 is 5.43 Å². The molecule has 0 spiro atoms. The molecule has 0 heterocycles. The first-order valence-electron chi connectivity index (χ1n) is 5.41. The second-order valence-corrected chi connectivity index (χ2v) is 3.77. The summed E-state index contributed by atoms with van der Waals surface area (Å²) in [5.74, 6) is -1.47. The van der Waals surface area contributed by atoms with Crippen molar-refractivity contribution in [1.29, 1.82) is 0 Å². The van der Waals surface area contributed by atoms with Gasteiger partial charge in [0.15, 0.2) is 0 Å². The molecule has 2 N–H and O–H groups in total. The maximum atomic E-state index is 13.6. The number of aliphatic hydroxyl groups is 1. The van der Waals surface area contributed by atoms with Gasteiger partial charge in [0.1, 0.15) is 23.6 Å². The van der Waals surface area contributed by atoms with Crippen LogP contribution in [-0.4, -0.2) is 24.7 Å². The third kappa shape index (κ3) is 3.33. The highest BCUT2D eigenvalue weighted by Gasteiger charge is 2.30. The van der Waals surface area contributed by atoms with Crippen molar-refractivity contribution in [2.75, 3.05) is 6.54 Å². The molecule has 0 fully saturated rings. The number of benzene rings is 1. The molecular weight excluding hydrogens is 240 g/mol. The first-order chi connectivity index (χ1) is 8.53. The number of rotatable bonds is 6. The van der Waals surface area contributed by atoms with Gasteiger partial charge in [0.25, 0.3) is 0 Å². The summed E-state index contributed by atoms with van der Waals surface area (Å²) in [6.45, 7) is 4.87. The van der Waals surface area contributed by atoms with E-state index in [1.165, 1.54) is 6.07 Å². The van der Waals surface area contributed by atoms with Gasteiger partial charge in [-0.1, -0.05) is 13.0 Å². The molecule has 0 bridgehead atoms. The minimum Gasteiger partial charge on any atom is -0.383 e. The second kappa shape index (κ2) is 6.20. The van der Waals surface area contributed by atoms with Gasteiger partial charge in [-0.05, 0) is 19.2 Å². The minimum atomic E-state index is -1.46. The minimum absolute atomic E-state index is 0.0158. The van der Waals surface area contributed by atoms with Crippen molar-refractivity contribution in [2.45, 2.75) is 18.9 Å². The van der Waals surface area contributed by atoms with E-state index in [2.05, 4.69) is 22.2 Å². The van der Waals surface area contributed by atoms with Crippen LogP contribution in [0.4, 0.5) is 8.78 Å². The van der Waals surface area contributed by atoms with E-state index in [0.717, 1.165) is 18.5 Å². The molecule has 0 aromatic heterocycles. The lowest BCUT2D eigenvalue weighted by atomic mass is 9.91. The zero-order valence-corrected chi connectivity index (χ0v) is 10.0. The fraction of sp³-hybridized carbons (Fsp3) is 0.333. The Kier molecular flexibility index (Phi) is 4.91. The van der Waals surface area contributed by atoms with Crippen LogP contribution in [0, 0.1) is 11.6 Å². The van der Waals surface area contributed by atoms with E-state index in [1.54, 1.807) is 6.92 Å². The summed E-state index contributed by atoms with van der Waals surface area (Å²) in [5.41, 5.74) is 1.11. The molecule has 1 rings (SSSR count). The third-order valence-electron chi connectivity index (χ3n) is 2.62. The number of hydrogen-bond donors (Lipinski definition) is 2. The van der Waals surface area contributed by atoms with Crippen molar-refractivity contribution >= 4 is 13.1 Å². The van der Waals surface area contributed by atoms with Crippen molar-refractivity contribution in [3.05, 3.63) is 35.4 Å². The third-order valence-corrected chi connectivity index (χ3v) is 2.62. The molecular formula is C12H15F2N3O. The van der Waals surface area contributed by atoms with Crippen LogP contribution in [0.5, 0.6) is 0 Å². The Morgan fingerprint density at radius 2 is 2.22 bits per heavy atom. The molecule has 0 saturated heterocycles. The van der Waals surface area contributed by atoms with Crippen LogP contribution in [0.1, 0.15) is 18.9 Å². The number of hydrogen-bond acceptors (Lipinski definition) is 3. The lowest BCUT2D eigenvalue weighted by molar-refractivity contribution is 0.0295. The van der Waals surface area contributed by atoms with E-state index in [1.807, 2.05) is 0 Å². The number of hydrazone groups is 1. The maximum Gasteiger partial charge on any atom is 0.134 e. The average molecular weight is 255 g/mol. The molecule has 4 nitrogen and oxygen atoms in total. The van der Waals surface area contributed by atoms with Crippen LogP contribution in [0.15, 0.2) is 28.3 Å². The van der Waals surface area contributed by atoms with Crippen LogP contribution >= 0.6 is 0 Å². The highest BCUT2D eigenvalue weighted by molar-refractivity contribution is 5.61. The largest absolute Gasteiger partial charge is 0.383 e. The first-order valence-corrected chi connectivity index (χ1v) is 5.41. The summed E-state index contributed by atoms with van der Waals surface area (Å²) in [6.07, 6.45) is 1.41. The lowest BCUT2D eigenvalue weighted by Gasteiger charge is -2.27. The van der Waals surface area contributed by atoms with Gasteiger partial charge in [0, 0.05) is 11.6 Å². The normalized spacial score (nSPS) is 14.4. The number of nitrogens with zero attached hydrogens (tertiary/aromatic N) is 2. The van der Waals surface area contributed by atoms with Crippen molar-refractivity contribution in [2.24, 2.45) is 10.1 Å². The maximum absolute atomic E-state index is 13.6. The number of aliphatic imine (C=N–C) groups is 1. The van der Waals surface area contributed by atoms with E-state index in [-0.39, 0.29) is 18.5 Å². The molecule has 0 aliphatic heterocycles. The van der Waals surface area contributed by atoms with Gasteiger partial charge in [-0.2, -0.15) is 5.10 Å². The second-order valence-electron chi connectivity index (χ2n) is 3.77. The Bertz CT molecular complexity index is 451. The highest BCUT2D eigenvalue weighted by atomic mass is 19.1. The SMILES string of the molecule is C=N/C=N\NCC(O)(CC)c1ccc(F)cc1F. The molecule has 1 aromatic rings. The molecule has 18 heavy (non-hydrogen) atoms. The monoisotopic (exact) mass is 255 g/mol. The summed E-state index contributed by atoms with van der Waals surface area (Å²) in [5, 5.41) is 14.0. The van der Waals surface area contributed by atoms with E-state index in [9.17, 15) is 13.9 Å². The predicted octanol–water partition coefficient (Wildman–Crippen LogP) is 1.80. The van der Waals surface area contributed by atoms with Crippen molar-refractivity contribution < 1.29 is 13.9 Å². The van der Waals surface area contributed by atoms with Crippen LogP contribution in [0.2, 0.25) is 0 Å². The molecule has 98 valence electrons. The smallest absolute Gasteiger partial charge is 0.134 e. The van der Waals surface area contributed by atoms with Gasteiger partial charge in [-0.15, -0.1) is 0 Å². The Morgan fingerprint density at radius 3 is 2.78 bits per heavy atom. The van der Waals surface area contributed by atoms with Crippen molar-refractivity contribution in [3.63, 3.8) is 0 Å². The Morgan fingerprint density at radius 1 is 1.50 bits per heavy atom. The number of nitrogens with one attached hydrogen (secondary N) is 1. The lowest BCUT2D eigenvalue weighted by Crippen LogP contribution is -2.36. The standard InChI is InChI=1S/C12H15F2N3O/c1-3-12(18,7-16-17-8-15-2)10-5-4-9(13)6-11(10)14/h4-6,8,16,18H,2-3,7H2,1H3/b17-8-. The van der Waals surface area contributed by atoms with Crippen LogP contribution in [0.25, 0.3) is 0 Å². The molecule has 1 atom stereocenters. The molecule has 1 aromatic carbocycles. The van der Waals surface area contributed by atoms with Gasteiger partial charge in [0.2, 0.25) is 0 Å². The van der Waals surface area contributed by atoms with Crippen LogP contribution in [0.3, 0.4) is 0 Å². The molecule has 0 aliphatic rings. The summed E-state index contributed by atoms with van der Waals surface area (Å²) in [7, 11) is 0. The Balaban J connectivity index is 2.91. The molecule has 0 aliphatic carbocycles. The van der Waals surface area contributed by atoms with E-state index >= 15 is 0 Å². The van der Waals surface area contributed by atoms with Gasteiger partial charge < -0.3 is 10.5 Å². The zero-order chi connectivity index (χ0) is 13.6. The summed E-state index contributed by atoms with van der Waals surface area (Å²) < 4.78 is 26.4. The fourth-order valence-corrected chi connectivity index (χ4v) is 1.54. The van der Waals surface area contributed by atoms with Gasteiger partial charge in [-0.25, -0.2) is 8.78 Å². The zero-order valence-electron chi connectivity index (χ0n) is 10.0. The quantitative estimate of drug-likeness (QED) is 0.462. The van der Waals surface area contributed by atoms with E-state index < -0.39 is 17.2 Å². The van der Waals surface area contributed by atoms with Gasteiger partial charge in [0.05, 0.1) is 6.54 Å². The molecule has 1 unspecified atom stereocenters. The molecule has 0 saturated carbocycles. The van der Waals surface area contributed by atoms with Crippen molar-refractivity contribution in [3.8, 4) is 0 Å². The molecule has 6 heteroatoms. The first kappa shape index (κ1) is 14.2. The molecule has 0 amide bonds. The van der Waals surface area contributed by atoms with Crippen LogP contribution in [-0.2, 0) is 5.60 Å². The van der Waals surface area contributed by atoms with E-state index in [0.29, 0.717) is 0 Å². The average Bonchev–Trinajstić information content (AvgIpc) is 2.34. The number of halogens is 2. The topological polar surface area (TPSA) is 57.0 Å². The molecule has 0 radical (unpaired) electrons. The Labute approximate surface area is 104 Å². The summed E-state index contributed by atoms with van der Waals surface area (Å²) >= 11 is 0.